The maximum atomic E-state index is 5.72. The molecule has 108 valence electrons. The van der Waals surface area contributed by atoms with Crippen molar-refractivity contribution < 1.29 is 0 Å². The quantitative estimate of drug-likeness (QED) is 0.616. The van der Waals surface area contributed by atoms with Gasteiger partial charge in [0.15, 0.2) is 11.5 Å². The van der Waals surface area contributed by atoms with Crippen LogP contribution in [0.3, 0.4) is 0 Å². The lowest BCUT2D eigenvalue weighted by Gasteiger charge is -2.05. The summed E-state index contributed by atoms with van der Waals surface area (Å²) in [5, 5.41) is 15.5. The molecule has 2 N–H and O–H groups in total. The zero-order chi connectivity index (χ0) is 15.1. The molecule has 0 amide bonds. The first kappa shape index (κ1) is 12.9. The molecule has 22 heavy (non-hydrogen) atoms. The molecule has 0 aliphatic heterocycles. The minimum atomic E-state index is 0.500. The normalized spacial score (nSPS) is 11.4. The standard InChI is InChI=1S/C17H15N5/c1-11-14-7-2-3-8-15(14)17-20-19-16(22(17)21-11)13-6-4-5-12(9-13)10-18/h2-9H,10,18H2,1H3. The second-order valence-electron chi connectivity index (χ2n) is 5.29. The van der Waals surface area contributed by atoms with E-state index in [2.05, 4.69) is 21.4 Å². The fraction of sp³-hybridized carbons (Fsp3) is 0.118. The summed E-state index contributed by atoms with van der Waals surface area (Å²) in [4.78, 5) is 0. The van der Waals surface area contributed by atoms with Gasteiger partial charge in [-0.1, -0.05) is 42.5 Å². The van der Waals surface area contributed by atoms with Gasteiger partial charge in [0.2, 0.25) is 0 Å². The van der Waals surface area contributed by atoms with Gasteiger partial charge < -0.3 is 5.73 Å². The number of rotatable bonds is 2. The van der Waals surface area contributed by atoms with Gasteiger partial charge in [0.25, 0.3) is 0 Å². The Morgan fingerprint density at radius 1 is 1.00 bits per heavy atom. The molecule has 4 rings (SSSR count). The van der Waals surface area contributed by atoms with E-state index in [-0.39, 0.29) is 0 Å². The van der Waals surface area contributed by atoms with Crippen molar-refractivity contribution in [2.75, 3.05) is 0 Å². The second kappa shape index (κ2) is 4.89. The predicted octanol–water partition coefficient (Wildman–Crippen LogP) is 2.71. The van der Waals surface area contributed by atoms with Gasteiger partial charge in [-0.3, -0.25) is 0 Å². The molecule has 5 heteroatoms. The molecule has 5 nitrogen and oxygen atoms in total. The Morgan fingerprint density at radius 2 is 1.82 bits per heavy atom. The molecular formula is C17H15N5. The summed E-state index contributed by atoms with van der Waals surface area (Å²) in [5.74, 6) is 0.735. The first-order valence-electron chi connectivity index (χ1n) is 7.18. The van der Waals surface area contributed by atoms with E-state index in [1.807, 2.05) is 53.9 Å². The average molecular weight is 289 g/mol. The number of hydrogen-bond donors (Lipinski definition) is 1. The zero-order valence-electron chi connectivity index (χ0n) is 12.2. The third-order valence-electron chi connectivity index (χ3n) is 3.87. The van der Waals surface area contributed by atoms with E-state index in [9.17, 15) is 0 Å². The predicted molar refractivity (Wildman–Crippen MR) is 86.4 cm³/mol. The molecule has 0 saturated carbocycles. The van der Waals surface area contributed by atoms with E-state index in [1.54, 1.807) is 0 Å². The molecule has 2 heterocycles. The summed E-state index contributed by atoms with van der Waals surface area (Å²) in [6.07, 6.45) is 0. The van der Waals surface area contributed by atoms with Crippen LogP contribution in [0.5, 0.6) is 0 Å². The molecule has 0 fully saturated rings. The van der Waals surface area contributed by atoms with Crippen molar-refractivity contribution in [2.45, 2.75) is 13.5 Å². The molecule has 2 aromatic carbocycles. The van der Waals surface area contributed by atoms with Gasteiger partial charge in [-0.2, -0.15) is 9.61 Å². The van der Waals surface area contributed by atoms with Crippen LogP contribution in [0.15, 0.2) is 48.5 Å². The summed E-state index contributed by atoms with van der Waals surface area (Å²) in [6.45, 7) is 2.50. The molecule has 0 radical (unpaired) electrons. The molecule has 0 atom stereocenters. The van der Waals surface area contributed by atoms with Crippen LogP contribution in [0, 0.1) is 6.92 Å². The van der Waals surface area contributed by atoms with E-state index in [0.29, 0.717) is 6.54 Å². The monoisotopic (exact) mass is 289 g/mol. The van der Waals surface area contributed by atoms with Crippen molar-refractivity contribution in [1.82, 2.24) is 19.8 Å². The number of nitrogens with two attached hydrogens (primary N) is 1. The molecule has 0 aliphatic rings. The summed E-state index contributed by atoms with van der Waals surface area (Å²) >= 11 is 0. The number of nitrogens with zero attached hydrogens (tertiary/aromatic N) is 4. The van der Waals surface area contributed by atoms with Crippen LogP contribution in [-0.4, -0.2) is 19.8 Å². The Labute approximate surface area is 127 Å². The largest absolute Gasteiger partial charge is 0.326 e. The summed E-state index contributed by atoms with van der Waals surface area (Å²) in [5.41, 5.74) is 9.49. The van der Waals surface area contributed by atoms with Crippen molar-refractivity contribution in [3.63, 3.8) is 0 Å². The highest BCUT2D eigenvalue weighted by Crippen LogP contribution is 2.24. The van der Waals surface area contributed by atoms with Gasteiger partial charge in [0, 0.05) is 22.9 Å². The first-order chi connectivity index (χ1) is 10.8. The number of aromatic nitrogens is 4. The van der Waals surface area contributed by atoms with Gasteiger partial charge in [-0.15, -0.1) is 10.2 Å². The van der Waals surface area contributed by atoms with Crippen molar-refractivity contribution in [3.05, 3.63) is 59.8 Å². The number of benzene rings is 2. The lowest BCUT2D eigenvalue weighted by Crippen LogP contribution is -2.00. The number of fused-ring (bicyclic) bond motifs is 3. The third kappa shape index (κ3) is 1.87. The van der Waals surface area contributed by atoms with Gasteiger partial charge in [0.05, 0.1) is 5.69 Å². The fourth-order valence-corrected chi connectivity index (χ4v) is 2.76. The average Bonchev–Trinajstić information content (AvgIpc) is 2.99. The molecule has 2 aromatic heterocycles. The van der Waals surface area contributed by atoms with E-state index in [0.717, 1.165) is 39.1 Å². The van der Waals surface area contributed by atoms with Crippen LogP contribution in [0.4, 0.5) is 0 Å². The highest BCUT2D eigenvalue weighted by atomic mass is 15.4. The van der Waals surface area contributed by atoms with Crippen molar-refractivity contribution in [3.8, 4) is 11.4 Å². The summed E-state index contributed by atoms with van der Waals surface area (Å²) < 4.78 is 1.81. The Hall–Kier alpha value is -2.79. The van der Waals surface area contributed by atoms with Crippen LogP contribution in [0.1, 0.15) is 11.3 Å². The molecule has 0 spiro atoms. The van der Waals surface area contributed by atoms with E-state index >= 15 is 0 Å². The Bertz CT molecular complexity index is 987. The SMILES string of the molecule is Cc1nn2c(-c3cccc(CN)c3)nnc2c2ccccc12. The topological polar surface area (TPSA) is 69.1 Å². The van der Waals surface area contributed by atoms with Crippen molar-refractivity contribution >= 4 is 16.4 Å². The van der Waals surface area contributed by atoms with Gasteiger partial charge >= 0.3 is 0 Å². The van der Waals surface area contributed by atoms with Crippen LogP contribution < -0.4 is 5.73 Å². The first-order valence-corrected chi connectivity index (χ1v) is 7.18. The number of hydrogen-bond acceptors (Lipinski definition) is 4. The Morgan fingerprint density at radius 3 is 2.64 bits per heavy atom. The third-order valence-corrected chi connectivity index (χ3v) is 3.87. The van der Waals surface area contributed by atoms with Crippen molar-refractivity contribution in [2.24, 2.45) is 5.73 Å². The molecule has 0 aliphatic carbocycles. The Kier molecular flexibility index (Phi) is 2.87. The zero-order valence-corrected chi connectivity index (χ0v) is 12.2. The highest BCUT2D eigenvalue weighted by molar-refractivity contribution is 5.95. The fourth-order valence-electron chi connectivity index (χ4n) is 2.76. The van der Waals surface area contributed by atoms with Gasteiger partial charge in [-0.05, 0) is 18.6 Å². The minimum absolute atomic E-state index is 0.500. The molecular weight excluding hydrogens is 274 g/mol. The van der Waals surface area contributed by atoms with Crippen LogP contribution in [-0.2, 0) is 6.54 Å². The van der Waals surface area contributed by atoms with Crippen molar-refractivity contribution in [1.29, 1.82) is 0 Å². The molecule has 0 bridgehead atoms. The van der Waals surface area contributed by atoms with E-state index in [4.69, 9.17) is 5.73 Å². The van der Waals surface area contributed by atoms with Crippen LogP contribution in [0.2, 0.25) is 0 Å². The molecule has 0 saturated heterocycles. The van der Waals surface area contributed by atoms with Crippen LogP contribution in [0.25, 0.3) is 27.8 Å². The maximum Gasteiger partial charge on any atom is 0.186 e. The maximum absolute atomic E-state index is 5.72. The lowest BCUT2D eigenvalue weighted by molar-refractivity contribution is 0.914. The van der Waals surface area contributed by atoms with E-state index < -0.39 is 0 Å². The molecule has 0 unspecified atom stereocenters. The summed E-state index contributed by atoms with van der Waals surface area (Å²) in [6, 6.07) is 16.1. The Balaban J connectivity index is 2.04. The molecule has 4 aromatic rings. The van der Waals surface area contributed by atoms with Crippen LogP contribution >= 0.6 is 0 Å². The summed E-state index contributed by atoms with van der Waals surface area (Å²) in [7, 11) is 0. The highest BCUT2D eigenvalue weighted by Gasteiger charge is 2.13. The lowest BCUT2D eigenvalue weighted by atomic mass is 10.1. The van der Waals surface area contributed by atoms with E-state index in [1.165, 1.54) is 0 Å². The number of aryl methyl sites for hydroxylation is 1. The second-order valence-corrected chi connectivity index (χ2v) is 5.29. The van der Waals surface area contributed by atoms with Gasteiger partial charge in [-0.25, -0.2) is 0 Å². The minimum Gasteiger partial charge on any atom is -0.326 e. The van der Waals surface area contributed by atoms with Gasteiger partial charge in [0.1, 0.15) is 0 Å². The smallest absolute Gasteiger partial charge is 0.186 e.